The van der Waals surface area contributed by atoms with Crippen LogP contribution < -0.4 is 15.4 Å². The van der Waals surface area contributed by atoms with Crippen LogP contribution in [0.25, 0.3) is 0 Å². The third-order valence-corrected chi connectivity index (χ3v) is 3.92. The lowest BCUT2D eigenvalue weighted by atomic mass is 10.2. The Morgan fingerprint density at radius 1 is 1.07 bits per heavy atom. The fraction of sp³-hybridized carbons (Fsp3) is 0.211. The summed E-state index contributed by atoms with van der Waals surface area (Å²) in [5.41, 5.74) is 0.877. The molecular weight excluding hydrogens is 474 g/mol. The number of hydrogen-bond donors (Lipinski definition) is 2. The normalized spacial score (nSPS) is 10.9. The molecule has 0 aliphatic heterocycles. The summed E-state index contributed by atoms with van der Waals surface area (Å²) in [6.07, 6.45) is 1.50. The number of para-hydroxylation sites is 2. The topological polar surface area (TPSA) is 76.4 Å². The minimum Gasteiger partial charge on any atom is -0.454 e. The summed E-state index contributed by atoms with van der Waals surface area (Å²) >= 11 is 0. The highest BCUT2D eigenvalue weighted by atomic mass is 127. The zero-order valence-electron chi connectivity index (χ0n) is 15.6. The SMILES string of the molecule is CN=C(NCc1ccccc1Oc1ccccc1F)NCc1ncnn1C.I. The number of guanidine groups is 1. The summed E-state index contributed by atoms with van der Waals surface area (Å²) in [4.78, 5) is 8.36. The number of aryl methyl sites for hydroxylation is 1. The molecule has 148 valence electrons. The Bertz CT molecular complexity index is 930. The van der Waals surface area contributed by atoms with E-state index in [9.17, 15) is 4.39 Å². The van der Waals surface area contributed by atoms with Gasteiger partial charge in [-0.3, -0.25) is 9.67 Å². The number of aliphatic imine (C=N–C) groups is 1. The van der Waals surface area contributed by atoms with Gasteiger partial charge in [0.25, 0.3) is 0 Å². The molecule has 1 aromatic heterocycles. The maximum Gasteiger partial charge on any atom is 0.191 e. The molecule has 0 atom stereocenters. The molecule has 0 spiro atoms. The summed E-state index contributed by atoms with van der Waals surface area (Å²) in [5.74, 6) is 1.77. The van der Waals surface area contributed by atoms with E-state index in [1.165, 1.54) is 12.4 Å². The quantitative estimate of drug-likeness (QED) is 0.312. The first-order valence-corrected chi connectivity index (χ1v) is 8.45. The Labute approximate surface area is 180 Å². The molecule has 0 saturated heterocycles. The number of rotatable bonds is 6. The standard InChI is InChI=1S/C19H21FN6O.HI/c1-21-19(23-12-18-24-13-25-26(18)2)22-11-14-7-3-5-9-16(14)27-17-10-6-4-8-15(17)20;/h3-10,13H,11-12H2,1-2H3,(H2,21,22,23);1H. The van der Waals surface area contributed by atoms with Gasteiger partial charge in [0.2, 0.25) is 0 Å². The lowest BCUT2D eigenvalue weighted by molar-refractivity contribution is 0.437. The van der Waals surface area contributed by atoms with E-state index in [2.05, 4.69) is 25.7 Å². The molecule has 0 fully saturated rings. The maximum atomic E-state index is 13.9. The smallest absolute Gasteiger partial charge is 0.191 e. The molecule has 0 bridgehead atoms. The van der Waals surface area contributed by atoms with Crippen molar-refractivity contribution in [1.29, 1.82) is 0 Å². The van der Waals surface area contributed by atoms with Crippen LogP contribution in [-0.2, 0) is 20.1 Å². The van der Waals surface area contributed by atoms with Crippen molar-refractivity contribution in [2.45, 2.75) is 13.1 Å². The molecule has 1 heterocycles. The van der Waals surface area contributed by atoms with E-state index in [4.69, 9.17) is 4.74 Å². The monoisotopic (exact) mass is 496 g/mol. The van der Waals surface area contributed by atoms with Crippen LogP contribution in [0.5, 0.6) is 11.5 Å². The van der Waals surface area contributed by atoms with E-state index in [1.807, 2.05) is 25.2 Å². The van der Waals surface area contributed by atoms with Gasteiger partial charge in [-0.15, -0.1) is 24.0 Å². The van der Waals surface area contributed by atoms with E-state index in [-0.39, 0.29) is 29.7 Å². The lowest BCUT2D eigenvalue weighted by Gasteiger charge is -2.14. The van der Waals surface area contributed by atoms with E-state index in [0.29, 0.717) is 24.8 Å². The predicted molar refractivity (Wildman–Crippen MR) is 116 cm³/mol. The van der Waals surface area contributed by atoms with Crippen LogP contribution in [0.3, 0.4) is 0 Å². The van der Waals surface area contributed by atoms with Gasteiger partial charge in [-0.2, -0.15) is 5.10 Å². The van der Waals surface area contributed by atoms with Gasteiger partial charge in [-0.25, -0.2) is 9.37 Å². The summed E-state index contributed by atoms with van der Waals surface area (Å²) in [7, 11) is 3.52. The van der Waals surface area contributed by atoms with Gasteiger partial charge in [0.15, 0.2) is 17.5 Å². The molecule has 0 unspecified atom stereocenters. The summed E-state index contributed by atoms with van der Waals surface area (Å²) in [5, 5.41) is 10.4. The van der Waals surface area contributed by atoms with Crippen molar-refractivity contribution in [1.82, 2.24) is 25.4 Å². The van der Waals surface area contributed by atoms with Crippen LogP contribution in [-0.4, -0.2) is 27.8 Å². The molecule has 3 rings (SSSR count). The molecule has 28 heavy (non-hydrogen) atoms. The summed E-state index contributed by atoms with van der Waals surface area (Å²) < 4.78 is 21.3. The van der Waals surface area contributed by atoms with Crippen molar-refractivity contribution < 1.29 is 9.13 Å². The summed E-state index contributed by atoms with van der Waals surface area (Å²) in [6, 6.07) is 13.8. The Kier molecular flexibility index (Phi) is 8.18. The molecule has 7 nitrogen and oxygen atoms in total. The van der Waals surface area contributed by atoms with Gasteiger partial charge in [0.1, 0.15) is 17.9 Å². The van der Waals surface area contributed by atoms with Crippen molar-refractivity contribution in [3.63, 3.8) is 0 Å². The molecule has 0 aliphatic rings. The number of halogens is 2. The Hall–Kier alpha value is -2.69. The van der Waals surface area contributed by atoms with E-state index < -0.39 is 5.82 Å². The molecule has 2 N–H and O–H groups in total. The number of benzene rings is 2. The van der Waals surface area contributed by atoms with Crippen LogP contribution in [0.2, 0.25) is 0 Å². The second-order valence-electron chi connectivity index (χ2n) is 5.72. The second-order valence-corrected chi connectivity index (χ2v) is 5.72. The predicted octanol–water partition coefficient (Wildman–Crippen LogP) is 3.23. The van der Waals surface area contributed by atoms with Crippen LogP contribution >= 0.6 is 24.0 Å². The highest BCUT2D eigenvalue weighted by Crippen LogP contribution is 2.27. The van der Waals surface area contributed by atoms with Crippen molar-refractivity contribution in [2.75, 3.05) is 7.05 Å². The van der Waals surface area contributed by atoms with E-state index in [0.717, 1.165) is 11.4 Å². The fourth-order valence-corrected chi connectivity index (χ4v) is 2.44. The zero-order chi connectivity index (χ0) is 19.1. The zero-order valence-corrected chi connectivity index (χ0v) is 17.9. The van der Waals surface area contributed by atoms with Crippen LogP contribution in [0.1, 0.15) is 11.4 Å². The first kappa shape index (κ1) is 21.6. The van der Waals surface area contributed by atoms with Gasteiger partial charge in [0.05, 0.1) is 6.54 Å². The van der Waals surface area contributed by atoms with Crippen LogP contribution in [0.15, 0.2) is 59.9 Å². The van der Waals surface area contributed by atoms with Crippen LogP contribution in [0, 0.1) is 5.82 Å². The Morgan fingerprint density at radius 2 is 1.75 bits per heavy atom. The lowest BCUT2D eigenvalue weighted by Crippen LogP contribution is -2.37. The fourth-order valence-electron chi connectivity index (χ4n) is 2.44. The average molecular weight is 496 g/mol. The van der Waals surface area contributed by atoms with E-state index in [1.54, 1.807) is 36.0 Å². The molecule has 2 aromatic carbocycles. The molecular formula is C19H22FIN6O. The molecule has 9 heteroatoms. The number of hydrogen-bond acceptors (Lipinski definition) is 4. The highest BCUT2D eigenvalue weighted by Gasteiger charge is 2.09. The van der Waals surface area contributed by atoms with Gasteiger partial charge in [-0.05, 0) is 18.2 Å². The van der Waals surface area contributed by atoms with Gasteiger partial charge in [-0.1, -0.05) is 30.3 Å². The molecule has 0 amide bonds. The largest absolute Gasteiger partial charge is 0.454 e. The third-order valence-electron chi connectivity index (χ3n) is 3.92. The highest BCUT2D eigenvalue weighted by molar-refractivity contribution is 14.0. The third kappa shape index (κ3) is 5.65. The Morgan fingerprint density at radius 3 is 2.43 bits per heavy atom. The number of aromatic nitrogens is 3. The summed E-state index contributed by atoms with van der Waals surface area (Å²) in [6.45, 7) is 0.951. The minimum atomic E-state index is -0.401. The van der Waals surface area contributed by atoms with Gasteiger partial charge < -0.3 is 15.4 Å². The number of nitrogens with zero attached hydrogens (tertiary/aromatic N) is 4. The first-order chi connectivity index (χ1) is 13.2. The van der Waals surface area contributed by atoms with E-state index >= 15 is 0 Å². The number of ether oxygens (including phenoxy) is 1. The second kappa shape index (κ2) is 10.6. The van der Waals surface area contributed by atoms with Crippen molar-refractivity contribution in [2.24, 2.45) is 12.0 Å². The van der Waals surface area contributed by atoms with Crippen LogP contribution in [0.4, 0.5) is 4.39 Å². The molecule has 3 aromatic rings. The van der Waals surface area contributed by atoms with Gasteiger partial charge in [0, 0.05) is 26.2 Å². The first-order valence-electron chi connectivity index (χ1n) is 8.45. The molecule has 0 aliphatic carbocycles. The van der Waals surface area contributed by atoms with Gasteiger partial charge >= 0.3 is 0 Å². The molecule has 0 saturated carbocycles. The van der Waals surface area contributed by atoms with Crippen molar-refractivity contribution >= 4 is 29.9 Å². The minimum absolute atomic E-state index is 0. The number of nitrogens with one attached hydrogen (secondary N) is 2. The average Bonchev–Trinajstić information content (AvgIpc) is 3.10. The van der Waals surface area contributed by atoms with Crippen molar-refractivity contribution in [3.05, 3.63) is 72.1 Å². The Balaban J connectivity index is 0.00000280. The maximum absolute atomic E-state index is 13.9. The molecule has 0 radical (unpaired) electrons. The van der Waals surface area contributed by atoms with Crippen molar-refractivity contribution in [3.8, 4) is 11.5 Å².